The molecule has 3 N–H and O–H groups in total. The lowest BCUT2D eigenvalue weighted by atomic mass is 9.91. The highest BCUT2D eigenvalue weighted by Gasteiger charge is 2.15. The van der Waals surface area contributed by atoms with Gasteiger partial charge in [0.15, 0.2) is 0 Å². The van der Waals surface area contributed by atoms with Crippen LogP contribution in [0.4, 0.5) is 0 Å². The van der Waals surface area contributed by atoms with Gasteiger partial charge in [-0.25, -0.2) is 0 Å². The largest absolute Gasteiger partial charge is 0.456 e. The molecule has 0 saturated carbocycles. The zero-order valence-corrected chi connectivity index (χ0v) is 21.8. The van der Waals surface area contributed by atoms with Crippen molar-refractivity contribution in [1.29, 1.82) is 5.41 Å². The maximum Gasteiger partial charge on any atom is 0.136 e. The lowest BCUT2D eigenvalue weighted by Gasteiger charge is -2.13. The predicted molar refractivity (Wildman–Crippen MR) is 166 cm³/mol. The average Bonchev–Trinajstić information content (AvgIpc) is 3.40. The third kappa shape index (κ3) is 4.14. The Kier molecular flexibility index (Phi) is 5.76. The van der Waals surface area contributed by atoms with Gasteiger partial charge in [0, 0.05) is 16.3 Å². The number of nitrogens with two attached hydrogens (primary N) is 1. The molecule has 0 bridgehead atoms. The summed E-state index contributed by atoms with van der Waals surface area (Å²) in [6.07, 6.45) is 0. The van der Waals surface area contributed by atoms with E-state index in [9.17, 15) is 0 Å². The molecule has 0 aliphatic rings. The van der Waals surface area contributed by atoms with E-state index in [1.807, 2.05) is 30.3 Å². The second-order valence-electron chi connectivity index (χ2n) is 9.98. The van der Waals surface area contributed by atoms with E-state index in [2.05, 4.69) is 109 Å². The summed E-state index contributed by atoms with van der Waals surface area (Å²) in [6.45, 7) is 0. The summed E-state index contributed by atoms with van der Waals surface area (Å²) in [5, 5.41) is 9.92. The minimum atomic E-state index is 0.0345. The molecule has 0 fully saturated rings. The molecule has 7 aromatic rings. The van der Waals surface area contributed by atoms with Gasteiger partial charge in [0.2, 0.25) is 0 Å². The summed E-state index contributed by atoms with van der Waals surface area (Å²) in [5.74, 6) is 0.0345. The molecular formula is C37H26N2O. The topological polar surface area (TPSA) is 63.0 Å². The number of fused-ring (bicyclic) bond motifs is 3. The number of benzene rings is 6. The average molecular weight is 515 g/mol. The van der Waals surface area contributed by atoms with Gasteiger partial charge in [0.05, 0.1) is 0 Å². The molecule has 0 saturated heterocycles. The summed E-state index contributed by atoms with van der Waals surface area (Å²) in [7, 11) is 0. The standard InChI is InChI=1S/C37H26N2O/c38-37(39)32-17-8-18-35-36(32)33-23-29(19-20-34(33)40-35)31-16-5-4-15-30(31)28-14-7-13-27(22-28)26-12-6-11-25(21-26)24-9-2-1-3-10-24/h1-23H,(H3,38,39). The second-order valence-corrected chi connectivity index (χ2v) is 9.98. The van der Waals surface area contributed by atoms with E-state index in [0.29, 0.717) is 5.56 Å². The number of nitrogen functional groups attached to an aromatic ring is 1. The first-order chi connectivity index (χ1) is 19.7. The molecule has 3 heteroatoms. The van der Waals surface area contributed by atoms with Crippen LogP contribution in [0.2, 0.25) is 0 Å². The highest BCUT2D eigenvalue weighted by atomic mass is 16.3. The van der Waals surface area contributed by atoms with Crippen LogP contribution in [0, 0.1) is 5.41 Å². The van der Waals surface area contributed by atoms with Crippen molar-refractivity contribution in [2.45, 2.75) is 0 Å². The molecule has 0 radical (unpaired) electrons. The van der Waals surface area contributed by atoms with E-state index in [1.54, 1.807) is 0 Å². The van der Waals surface area contributed by atoms with E-state index in [-0.39, 0.29) is 5.84 Å². The van der Waals surface area contributed by atoms with E-state index in [1.165, 1.54) is 22.3 Å². The van der Waals surface area contributed by atoms with E-state index in [0.717, 1.165) is 44.2 Å². The Hall–Kier alpha value is -5.41. The lowest BCUT2D eigenvalue weighted by molar-refractivity contribution is 0.669. The molecule has 1 aromatic heterocycles. The fourth-order valence-corrected chi connectivity index (χ4v) is 5.58. The number of amidine groups is 1. The molecular weight excluding hydrogens is 488 g/mol. The van der Waals surface area contributed by atoms with Crippen LogP contribution >= 0.6 is 0 Å². The van der Waals surface area contributed by atoms with Gasteiger partial charge in [-0.15, -0.1) is 0 Å². The molecule has 0 aliphatic heterocycles. The monoisotopic (exact) mass is 514 g/mol. The van der Waals surface area contributed by atoms with Crippen molar-refractivity contribution in [2.75, 3.05) is 0 Å². The van der Waals surface area contributed by atoms with Crippen LogP contribution in [0.3, 0.4) is 0 Å². The van der Waals surface area contributed by atoms with Gasteiger partial charge >= 0.3 is 0 Å². The Labute approximate surface area is 232 Å². The smallest absolute Gasteiger partial charge is 0.136 e. The number of rotatable bonds is 5. The highest BCUT2D eigenvalue weighted by Crippen LogP contribution is 2.38. The summed E-state index contributed by atoms with van der Waals surface area (Å²) in [4.78, 5) is 0. The van der Waals surface area contributed by atoms with Gasteiger partial charge in [-0.05, 0) is 74.8 Å². The van der Waals surface area contributed by atoms with Crippen molar-refractivity contribution in [3.8, 4) is 44.5 Å². The minimum absolute atomic E-state index is 0.0345. The van der Waals surface area contributed by atoms with Gasteiger partial charge in [-0.3, -0.25) is 5.41 Å². The summed E-state index contributed by atoms with van der Waals surface area (Å²) in [5.41, 5.74) is 17.4. The van der Waals surface area contributed by atoms with Crippen LogP contribution < -0.4 is 5.73 Å². The SMILES string of the molecule is N=C(N)c1cccc2oc3ccc(-c4ccccc4-c4cccc(-c5cccc(-c6ccccc6)c5)c4)cc3c12. The summed E-state index contributed by atoms with van der Waals surface area (Å²) in [6, 6.07) is 48.3. The molecule has 0 unspecified atom stereocenters. The van der Waals surface area contributed by atoms with Gasteiger partial charge in [-0.2, -0.15) is 0 Å². The number of hydrogen-bond acceptors (Lipinski definition) is 2. The first kappa shape index (κ1) is 23.7. The Bertz CT molecular complexity index is 2040. The molecule has 6 aromatic carbocycles. The molecule has 1 heterocycles. The Balaban J connectivity index is 1.34. The Morgan fingerprint density at radius 1 is 0.475 bits per heavy atom. The molecule has 40 heavy (non-hydrogen) atoms. The molecule has 0 amide bonds. The number of furan rings is 1. The highest BCUT2D eigenvalue weighted by molar-refractivity contribution is 6.17. The molecule has 190 valence electrons. The van der Waals surface area contributed by atoms with Crippen LogP contribution in [-0.4, -0.2) is 5.84 Å². The van der Waals surface area contributed by atoms with Crippen LogP contribution in [-0.2, 0) is 0 Å². The number of hydrogen-bond donors (Lipinski definition) is 2. The van der Waals surface area contributed by atoms with Crippen molar-refractivity contribution >= 4 is 27.8 Å². The van der Waals surface area contributed by atoms with Crippen molar-refractivity contribution in [3.05, 3.63) is 145 Å². The normalized spacial score (nSPS) is 11.2. The Morgan fingerprint density at radius 2 is 1.02 bits per heavy atom. The quantitative estimate of drug-likeness (QED) is 0.177. The molecule has 0 atom stereocenters. The molecule has 0 spiro atoms. The fourth-order valence-electron chi connectivity index (χ4n) is 5.58. The zero-order valence-electron chi connectivity index (χ0n) is 21.8. The second kappa shape index (κ2) is 9.72. The third-order valence-corrected chi connectivity index (χ3v) is 7.50. The van der Waals surface area contributed by atoms with E-state index in [4.69, 9.17) is 15.6 Å². The first-order valence-electron chi connectivity index (χ1n) is 13.3. The minimum Gasteiger partial charge on any atom is -0.456 e. The van der Waals surface area contributed by atoms with Crippen molar-refractivity contribution in [3.63, 3.8) is 0 Å². The number of nitrogens with one attached hydrogen (secondary N) is 1. The third-order valence-electron chi connectivity index (χ3n) is 7.50. The van der Waals surface area contributed by atoms with Crippen molar-refractivity contribution in [1.82, 2.24) is 0 Å². The Morgan fingerprint density at radius 3 is 1.73 bits per heavy atom. The summed E-state index contributed by atoms with van der Waals surface area (Å²) < 4.78 is 6.10. The van der Waals surface area contributed by atoms with Crippen molar-refractivity contribution < 1.29 is 4.42 Å². The van der Waals surface area contributed by atoms with Crippen LogP contribution in [0.1, 0.15) is 5.56 Å². The molecule has 7 rings (SSSR count). The zero-order chi connectivity index (χ0) is 27.1. The van der Waals surface area contributed by atoms with Crippen LogP contribution in [0.25, 0.3) is 66.4 Å². The predicted octanol–water partition coefficient (Wildman–Crippen LogP) is 9.54. The van der Waals surface area contributed by atoms with E-state index >= 15 is 0 Å². The van der Waals surface area contributed by atoms with Crippen molar-refractivity contribution in [2.24, 2.45) is 5.73 Å². The lowest BCUT2D eigenvalue weighted by Crippen LogP contribution is -2.11. The van der Waals surface area contributed by atoms with Gasteiger partial charge in [-0.1, -0.05) is 109 Å². The van der Waals surface area contributed by atoms with Gasteiger partial charge in [0.25, 0.3) is 0 Å². The fraction of sp³-hybridized carbons (Fsp3) is 0. The van der Waals surface area contributed by atoms with Gasteiger partial charge in [0.1, 0.15) is 17.0 Å². The van der Waals surface area contributed by atoms with Crippen LogP contribution in [0.5, 0.6) is 0 Å². The molecule has 0 aliphatic carbocycles. The summed E-state index contributed by atoms with van der Waals surface area (Å²) >= 11 is 0. The van der Waals surface area contributed by atoms with Gasteiger partial charge < -0.3 is 10.2 Å². The van der Waals surface area contributed by atoms with E-state index < -0.39 is 0 Å². The maximum absolute atomic E-state index is 8.08. The van der Waals surface area contributed by atoms with Crippen LogP contribution in [0.15, 0.2) is 144 Å². The maximum atomic E-state index is 8.08. The molecule has 3 nitrogen and oxygen atoms in total. The first-order valence-corrected chi connectivity index (χ1v) is 13.3.